The van der Waals surface area contributed by atoms with Crippen molar-refractivity contribution in [3.05, 3.63) is 95.0 Å². The monoisotopic (exact) mass is 426 g/mol. The summed E-state index contributed by atoms with van der Waals surface area (Å²) in [6.45, 7) is 1.89. The number of benzene rings is 3. The third-order valence-electron chi connectivity index (χ3n) is 4.01. The highest BCUT2D eigenvalue weighted by molar-refractivity contribution is 7.92. The number of hydrogen-bond donors (Lipinski definition) is 2. The fourth-order valence-corrected chi connectivity index (χ4v) is 3.78. The summed E-state index contributed by atoms with van der Waals surface area (Å²) in [7, 11) is -3.67. The summed E-state index contributed by atoms with van der Waals surface area (Å²) in [5, 5.41) is 3.31. The van der Waals surface area contributed by atoms with Crippen molar-refractivity contribution in [1.82, 2.24) is 0 Å². The van der Waals surface area contributed by atoms with Crippen molar-refractivity contribution >= 4 is 45.0 Å². The maximum atomic E-state index is 12.4. The predicted molar refractivity (Wildman–Crippen MR) is 118 cm³/mol. The van der Waals surface area contributed by atoms with Gasteiger partial charge in [-0.25, -0.2) is 8.42 Å². The fourth-order valence-electron chi connectivity index (χ4n) is 2.52. The van der Waals surface area contributed by atoms with E-state index in [1.807, 2.05) is 13.0 Å². The number of sulfonamides is 1. The Morgan fingerprint density at radius 2 is 1.59 bits per heavy atom. The van der Waals surface area contributed by atoms with Crippen LogP contribution in [0.25, 0.3) is 6.08 Å². The molecule has 7 heteroatoms. The highest BCUT2D eigenvalue weighted by Gasteiger charge is 2.13. The van der Waals surface area contributed by atoms with E-state index in [1.165, 1.54) is 6.08 Å². The van der Waals surface area contributed by atoms with E-state index in [0.717, 1.165) is 11.1 Å². The second-order valence-electron chi connectivity index (χ2n) is 6.37. The molecule has 3 aromatic carbocycles. The minimum absolute atomic E-state index is 0.187. The van der Waals surface area contributed by atoms with Crippen LogP contribution in [-0.2, 0) is 14.8 Å². The molecule has 2 N–H and O–H groups in total. The number of nitrogens with one attached hydrogen (secondary N) is 2. The van der Waals surface area contributed by atoms with Gasteiger partial charge >= 0.3 is 0 Å². The fraction of sp³-hybridized carbons (Fsp3) is 0.0455. The average Bonchev–Trinajstić information content (AvgIpc) is 2.68. The molecule has 0 radical (unpaired) electrons. The van der Waals surface area contributed by atoms with Gasteiger partial charge in [-0.3, -0.25) is 9.52 Å². The van der Waals surface area contributed by atoms with Gasteiger partial charge in [0.2, 0.25) is 5.91 Å². The van der Waals surface area contributed by atoms with Crippen molar-refractivity contribution in [3.8, 4) is 0 Å². The highest BCUT2D eigenvalue weighted by Crippen LogP contribution is 2.19. The molecular formula is C22H19ClN2O3S. The van der Waals surface area contributed by atoms with Crippen LogP contribution in [0.4, 0.5) is 11.4 Å². The number of halogens is 1. The van der Waals surface area contributed by atoms with E-state index < -0.39 is 10.0 Å². The molecule has 0 saturated heterocycles. The first-order chi connectivity index (χ1) is 13.8. The Labute approximate surface area is 175 Å². The second-order valence-corrected chi connectivity index (χ2v) is 8.49. The molecule has 148 valence electrons. The summed E-state index contributed by atoms with van der Waals surface area (Å²) < 4.78 is 27.4. The van der Waals surface area contributed by atoms with Crippen LogP contribution >= 0.6 is 11.6 Å². The van der Waals surface area contributed by atoms with E-state index in [1.54, 1.807) is 72.8 Å². The second kappa shape index (κ2) is 8.94. The average molecular weight is 427 g/mol. The zero-order valence-electron chi connectivity index (χ0n) is 15.6. The first kappa shape index (κ1) is 20.6. The number of carbonyl (C=O) groups is 1. The Morgan fingerprint density at radius 3 is 2.24 bits per heavy atom. The standard InChI is InChI=1S/C22H19ClN2O3S/c1-16-5-12-21(13-6-16)29(27,28)25-20-10-8-19(9-11-20)24-22(26)14-7-17-3-2-4-18(23)15-17/h2-15,25H,1H3,(H,24,26)/b14-7-. The molecule has 0 unspecified atom stereocenters. The van der Waals surface area contributed by atoms with E-state index in [9.17, 15) is 13.2 Å². The maximum absolute atomic E-state index is 12.4. The van der Waals surface area contributed by atoms with E-state index in [2.05, 4.69) is 10.0 Å². The van der Waals surface area contributed by atoms with Crippen molar-refractivity contribution in [1.29, 1.82) is 0 Å². The number of aryl methyl sites for hydroxylation is 1. The van der Waals surface area contributed by atoms with E-state index >= 15 is 0 Å². The minimum Gasteiger partial charge on any atom is -0.323 e. The molecule has 0 aromatic heterocycles. The zero-order valence-corrected chi connectivity index (χ0v) is 17.2. The van der Waals surface area contributed by atoms with Crippen molar-refractivity contribution in [2.75, 3.05) is 10.0 Å². The van der Waals surface area contributed by atoms with Crippen molar-refractivity contribution in [2.24, 2.45) is 0 Å². The van der Waals surface area contributed by atoms with E-state index in [4.69, 9.17) is 11.6 Å². The van der Waals surface area contributed by atoms with Gasteiger partial charge in [0, 0.05) is 22.5 Å². The SMILES string of the molecule is Cc1ccc(S(=O)(=O)Nc2ccc(NC(=O)/C=C\c3cccc(Cl)c3)cc2)cc1. The van der Waals surface area contributed by atoms with Gasteiger partial charge in [0.25, 0.3) is 10.0 Å². The molecule has 5 nitrogen and oxygen atoms in total. The van der Waals surface area contributed by atoms with Gasteiger partial charge in [0.15, 0.2) is 0 Å². The summed E-state index contributed by atoms with van der Waals surface area (Å²) in [5.74, 6) is -0.307. The first-order valence-electron chi connectivity index (χ1n) is 8.76. The van der Waals surface area contributed by atoms with Gasteiger partial charge in [0.1, 0.15) is 0 Å². The Bertz CT molecular complexity index is 1140. The van der Waals surface area contributed by atoms with Crippen LogP contribution in [0.2, 0.25) is 5.02 Å². The molecule has 0 aliphatic carbocycles. The molecule has 0 atom stereocenters. The van der Waals surface area contributed by atoms with Crippen molar-refractivity contribution in [2.45, 2.75) is 11.8 Å². The molecule has 29 heavy (non-hydrogen) atoms. The minimum atomic E-state index is -3.67. The topological polar surface area (TPSA) is 75.3 Å². The molecule has 0 aliphatic rings. The lowest BCUT2D eigenvalue weighted by atomic mass is 10.2. The van der Waals surface area contributed by atoms with Gasteiger partial charge < -0.3 is 5.32 Å². The quantitative estimate of drug-likeness (QED) is 0.538. The zero-order chi connectivity index (χ0) is 20.9. The number of amides is 1. The van der Waals surface area contributed by atoms with Gasteiger partial charge in [-0.1, -0.05) is 41.4 Å². The molecule has 0 aliphatic heterocycles. The van der Waals surface area contributed by atoms with E-state index in [0.29, 0.717) is 16.4 Å². The van der Waals surface area contributed by atoms with Gasteiger partial charge in [-0.05, 0) is 67.1 Å². The summed E-state index contributed by atoms with van der Waals surface area (Å²) in [6, 6.07) is 20.2. The van der Waals surface area contributed by atoms with Gasteiger partial charge in [-0.2, -0.15) is 0 Å². The Kier molecular flexibility index (Phi) is 6.36. The lowest BCUT2D eigenvalue weighted by Crippen LogP contribution is -2.13. The number of carbonyl (C=O) groups excluding carboxylic acids is 1. The van der Waals surface area contributed by atoms with Crippen LogP contribution in [-0.4, -0.2) is 14.3 Å². The van der Waals surface area contributed by atoms with Crippen LogP contribution < -0.4 is 10.0 Å². The van der Waals surface area contributed by atoms with Crippen LogP contribution in [0.1, 0.15) is 11.1 Å². The van der Waals surface area contributed by atoms with E-state index in [-0.39, 0.29) is 10.8 Å². The summed E-state index contributed by atoms with van der Waals surface area (Å²) >= 11 is 5.91. The maximum Gasteiger partial charge on any atom is 0.261 e. The third-order valence-corrected chi connectivity index (χ3v) is 5.64. The summed E-state index contributed by atoms with van der Waals surface area (Å²) in [4.78, 5) is 12.2. The Balaban J connectivity index is 1.62. The number of rotatable bonds is 6. The molecule has 0 bridgehead atoms. The number of anilines is 2. The first-order valence-corrected chi connectivity index (χ1v) is 10.6. The van der Waals surface area contributed by atoms with Crippen molar-refractivity contribution < 1.29 is 13.2 Å². The smallest absolute Gasteiger partial charge is 0.261 e. The molecule has 1 amide bonds. The van der Waals surface area contributed by atoms with Gasteiger partial charge in [-0.15, -0.1) is 0 Å². The molecule has 0 spiro atoms. The molecule has 3 aromatic rings. The normalized spacial score (nSPS) is 11.4. The van der Waals surface area contributed by atoms with Crippen LogP contribution in [0.3, 0.4) is 0 Å². The lowest BCUT2D eigenvalue weighted by Gasteiger charge is -2.09. The van der Waals surface area contributed by atoms with Gasteiger partial charge in [0.05, 0.1) is 4.90 Å². The molecule has 3 rings (SSSR count). The summed E-state index contributed by atoms with van der Waals surface area (Å²) in [5.41, 5.74) is 2.74. The van der Waals surface area contributed by atoms with Crippen LogP contribution in [0.5, 0.6) is 0 Å². The molecule has 0 saturated carbocycles. The van der Waals surface area contributed by atoms with Crippen LogP contribution in [0, 0.1) is 6.92 Å². The Morgan fingerprint density at radius 1 is 0.931 bits per heavy atom. The largest absolute Gasteiger partial charge is 0.323 e. The van der Waals surface area contributed by atoms with Crippen LogP contribution in [0.15, 0.2) is 83.8 Å². The molecule has 0 heterocycles. The predicted octanol–water partition coefficient (Wildman–Crippen LogP) is 5.10. The lowest BCUT2D eigenvalue weighted by molar-refractivity contribution is -0.111. The Hall–Kier alpha value is -3.09. The molecular weight excluding hydrogens is 408 g/mol. The summed E-state index contributed by atoms with van der Waals surface area (Å²) in [6.07, 6.45) is 3.06. The third kappa shape index (κ3) is 5.94. The van der Waals surface area contributed by atoms with Crippen molar-refractivity contribution in [3.63, 3.8) is 0 Å². The molecule has 0 fully saturated rings. The highest BCUT2D eigenvalue weighted by atomic mass is 35.5. The number of hydrogen-bond acceptors (Lipinski definition) is 3.